The Bertz CT molecular complexity index is 977. The minimum Gasteiger partial charge on any atom is -0.394 e. The van der Waals surface area contributed by atoms with E-state index < -0.39 is 11.9 Å². The molecule has 174 valence electrons. The first-order valence-electron chi connectivity index (χ1n) is 11.2. The second-order valence-electron chi connectivity index (χ2n) is 8.58. The van der Waals surface area contributed by atoms with Crippen LogP contribution in [-0.2, 0) is 0 Å². The van der Waals surface area contributed by atoms with Gasteiger partial charge in [0, 0.05) is 36.4 Å². The molecule has 1 saturated heterocycles. The number of likely N-dealkylation sites (tertiary alicyclic amines) is 1. The van der Waals surface area contributed by atoms with E-state index in [1.54, 1.807) is 13.1 Å². The van der Waals surface area contributed by atoms with Crippen LogP contribution in [0.25, 0.3) is 10.4 Å². The van der Waals surface area contributed by atoms with E-state index >= 15 is 0 Å². The minimum atomic E-state index is -0.401. The zero-order valence-corrected chi connectivity index (χ0v) is 20.3. The molecule has 2 amide bonds. The maximum absolute atomic E-state index is 13.4. The van der Waals surface area contributed by atoms with Gasteiger partial charge >= 0.3 is 0 Å². The summed E-state index contributed by atoms with van der Waals surface area (Å²) in [6.45, 7) is 10.4. The van der Waals surface area contributed by atoms with Crippen LogP contribution in [0.2, 0.25) is 0 Å². The number of thiazole rings is 1. The van der Waals surface area contributed by atoms with Gasteiger partial charge in [0.1, 0.15) is 11.5 Å². The number of carbonyl (C=O) groups is 2. The Morgan fingerprint density at radius 1 is 1.34 bits per heavy atom. The summed E-state index contributed by atoms with van der Waals surface area (Å²) in [5, 5.41) is 15.5. The smallest absolute Gasteiger partial charge is 0.280 e. The van der Waals surface area contributed by atoms with Crippen molar-refractivity contribution >= 4 is 29.0 Å². The van der Waals surface area contributed by atoms with Gasteiger partial charge in [-0.05, 0) is 58.6 Å². The van der Waals surface area contributed by atoms with Gasteiger partial charge in [-0.2, -0.15) is 0 Å². The Morgan fingerprint density at radius 3 is 2.69 bits per heavy atom. The van der Waals surface area contributed by atoms with Crippen LogP contribution in [0.15, 0.2) is 12.3 Å². The lowest BCUT2D eigenvalue weighted by Gasteiger charge is -2.21. The first kappa shape index (κ1) is 24.1. The quantitative estimate of drug-likeness (QED) is 0.558. The second kappa shape index (κ2) is 10.4. The van der Waals surface area contributed by atoms with Crippen LogP contribution in [0.5, 0.6) is 0 Å². The van der Waals surface area contributed by atoms with Crippen molar-refractivity contribution in [3.8, 4) is 10.4 Å². The Hall–Kier alpha value is -2.52. The molecule has 3 rings (SSSR count). The molecule has 8 nitrogen and oxygen atoms in total. The van der Waals surface area contributed by atoms with Gasteiger partial charge in [-0.15, -0.1) is 11.3 Å². The maximum Gasteiger partial charge on any atom is 0.280 e. The predicted octanol–water partition coefficient (Wildman–Crippen LogP) is 3.46. The molecule has 0 bridgehead atoms. The zero-order chi connectivity index (χ0) is 23.4. The molecule has 2 aromatic rings. The lowest BCUT2D eigenvalue weighted by molar-refractivity contribution is 0.0743. The molecule has 1 fully saturated rings. The molecular formula is C23H33N5O3S. The lowest BCUT2D eigenvalue weighted by atomic mass is 10.1. The number of aromatic nitrogens is 2. The summed E-state index contributed by atoms with van der Waals surface area (Å²) >= 11 is 1.19. The van der Waals surface area contributed by atoms with Crippen molar-refractivity contribution in [2.75, 3.05) is 18.5 Å². The number of aryl methyl sites for hydroxylation is 1. The molecule has 0 radical (unpaired) electrons. The lowest BCUT2D eigenvalue weighted by Crippen LogP contribution is -2.35. The normalized spacial score (nSPS) is 17.8. The van der Waals surface area contributed by atoms with Crippen LogP contribution in [0.3, 0.4) is 0 Å². The highest BCUT2D eigenvalue weighted by molar-refractivity contribution is 7.17. The number of anilines is 1. The van der Waals surface area contributed by atoms with Crippen molar-refractivity contribution in [3.63, 3.8) is 0 Å². The van der Waals surface area contributed by atoms with Gasteiger partial charge in [0.2, 0.25) is 0 Å². The largest absolute Gasteiger partial charge is 0.394 e. The predicted molar refractivity (Wildman–Crippen MR) is 127 cm³/mol. The van der Waals surface area contributed by atoms with Crippen LogP contribution < -0.4 is 10.6 Å². The number of nitrogens with one attached hydrogen (secondary N) is 2. The third-order valence-electron chi connectivity index (χ3n) is 5.85. The van der Waals surface area contributed by atoms with Crippen LogP contribution in [-0.4, -0.2) is 63.1 Å². The number of rotatable bonds is 8. The Labute approximate surface area is 193 Å². The first-order chi connectivity index (χ1) is 15.2. The molecule has 0 saturated carbocycles. The van der Waals surface area contributed by atoms with Crippen molar-refractivity contribution in [1.82, 2.24) is 20.2 Å². The van der Waals surface area contributed by atoms with Crippen molar-refractivity contribution < 1.29 is 14.7 Å². The average Bonchev–Trinajstić information content (AvgIpc) is 3.39. The minimum absolute atomic E-state index is 0.144. The molecule has 3 N–H and O–H groups in total. The highest BCUT2D eigenvalue weighted by atomic mass is 32.1. The van der Waals surface area contributed by atoms with E-state index in [4.69, 9.17) is 0 Å². The van der Waals surface area contributed by atoms with E-state index in [0.717, 1.165) is 36.2 Å². The average molecular weight is 460 g/mol. The third kappa shape index (κ3) is 5.27. The summed E-state index contributed by atoms with van der Waals surface area (Å²) < 4.78 is 0. The molecule has 3 heterocycles. The van der Waals surface area contributed by atoms with Crippen molar-refractivity contribution in [2.24, 2.45) is 0 Å². The number of amides is 2. The number of nitrogens with zero attached hydrogens (tertiary/aromatic N) is 3. The summed E-state index contributed by atoms with van der Waals surface area (Å²) in [6.07, 6.45) is 4.65. The van der Waals surface area contributed by atoms with Crippen LogP contribution in [0.1, 0.15) is 72.8 Å². The second-order valence-corrected chi connectivity index (χ2v) is 9.58. The fourth-order valence-electron chi connectivity index (χ4n) is 3.67. The summed E-state index contributed by atoms with van der Waals surface area (Å²) in [6, 6.07) is 2.00. The van der Waals surface area contributed by atoms with Crippen LogP contribution >= 0.6 is 11.3 Å². The maximum atomic E-state index is 13.4. The summed E-state index contributed by atoms with van der Waals surface area (Å²) in [4.78, 5) is 37.6. The molecule has 0 aliphatic carbocycles. The van der Waals surface area contributed by atoms with Crippen molar-refractivity contribution in [1.29, 1.82) is 0 Å². The summed E-state index contributed by atoms with van der Waals surface area (Å²) in [7, 11) is 0. The van der Waals surface area contributed by atoms with E-state index in [9.17, 15) is 14.7 Å². The molecule has 0 unspecified atom stereocenters. The van der Waals surface area contributed by atoms with Crippen molar-refractivity contribution in [2.45, 2.75) is 72.0 Å². The number of carbonyl (C=O) groups excluding carboxylic acids is 2. The van der Waals surface area contributed by atoms with E-state index in [1.807, 2.05) is 24.8 Å². The SMILES string of the molecule is CC[C@@H](C)Nc1cc(C)c(-c2sc(C(=O)N[C@H](C)CO)nc2C(=O)N2CCC[C@@H]2C)cn1. The Balaban J connectivity index is 2.01. The highest BCUT2D eigenvalue weighted by Crippen LogP contribution is 2.35. The molecule has 1 aliphatic heterocycles. The highest BCUT2D eigenvalue weighted by Gasteiger charge is 2.32. The van der Waals surface area contributed by atoms with Crippen LogP contribution in [0, 0.1) is 6.92 Å². The summed E-state index contributed by atoms with van der Waals surface area (Å²) in [5.74, 6) is 0.226. The van der Waals surface area contributed by atoms with E-state index in [-0.39, 0.29) is 29.3 Å². The fourth-order valence-corrected chi connectivity index (χ4v) is 4.71. The number of hydrogen-bond acceptors (Lipinski definition) is 7. The number of hydrogen-bond donors (Lipinski definition) is 3. The molecule has 1 aliphatic rings. The van der Waals surface area contributed by atoms with Gasteiger partial charge in [0.15, 0.2) is 5.01 Å². The van der Waals surface area contributed by atoms with Gasteiger partial charge in [0.25, 0.3) is 11.8 Å². The topological polar surface area (TPSA) is 107 Å². The fraction of sp³-hybridized carbons (Fsp3) is 0.565. The van der Waals surface area contributed by atoms with E-state index in [0.29, 0.717) is 17.5 Å². The Morgan fingerprint density at radius 2 is 2.09 bits per heavy atom. The van der Waals surface area contributed by atoms with E-state index in [1.165, 1.54) is 11.3 Å². The van der Waals surface area contributed by atoms with Gasteiger partial charge in [0.05, 0.1) is 11.5 Å². The molecule has 3 atom stereocenters. The summed E-state index contributed by atoms with van der Waals surface area (Å²) in [5.41, 5.74) is 2.04. The van der Waals surface area contributed by atoms with Gasteiger partial charge in [-0.25, -0.2) is 9.97 Å². The molecule has 32 heavy (non-hydrogen) atoms. The molecule has 0 spiro atoms. The van der Waals surface area contributed by atoms with Gasteiger partial charge < -0.3 is 20.6 Å². The monoisotopic (exact) mass is 459 g/mol. The first-order valence-corrected chi connectivity index (χ1v) is 12.0. The third-order valence-corrected chi connectivity index (χ3v) is 6.94. The number of aliphatic hydroxyl groups is 1. The standard InChI is InChI=1S/C23H33N5O3S/c1-6-14(3)25-18-10-13(2)17(11-24-18)20-19(23(31)28-9-7-8-16(28)5)27-22(32-20)21(30)26-15(4)12-29/h10-11,14-16,29H,6-9,12H2,1-5H3,(H,24,25)(H,26,30)/t14-,15-,16+/m1/s1. The molecule has 0 aromatic carbocycles. The number of aliphatic hydroxyl groups excluding tert-OH is 1. The van der Waals surface area contributed by atoms with E-state index in [2.05, 4.69) is 34.4 Å². The molecular weight excluding hydrogens is 426 g/mol. The van der Waals surface area contributed by atoms with Gasteiger partial charge in [-0.1, -0.05) is 6.92 Å². The van der Waals surface area contributed by atoms with Crippen molar-refractivity contribution in [3.05, 3.63) is 28.5 Å². The molecule has 9 heteroatoms. The number of pyridine rings is 1. The zero-order valence-electron chi connectivity index (χ0n) is 19.4. The van der Waals surface area contributed by atoms with Gasteiger partial charge in [-0.3, -0.25) is 9.59 Å². The molecule has 2 aromatic heterocycles. The Kier molecular flexibility index (Phi) is 7.84. The van der Waals surface area contributed by atoms with Crippen LogP contribution in [0.4, 0.5) is 5.82 Å².